The molecule has 1 aromatic rings. The van der Waals surface area contributed by atoms with E-state index in [0.29, 0.717) is 13.1 Å². The van der Waals surface area contributed by atoms with Crippen LogP contribution in [0.15, 0.2) is 29.4 Å². The lowest BCUT2D eigenvalue weighted by Gasteiger charge is -2.21. The van der Waals surface area contributed by atoms with Crippen LogP contribution in [-0.2, 0) is 16.0 Å². The normalized spacial score (nSPS) is 20.0. The van der Waals surface area contributed by atoms with E-state index in [1.807, 2.05) is 31.2 Å². The van der Waals surface area contributed by atoms with Crippen molar-refractivity contribution in [2.45, 2.75) is 13.3 Å². The maximum atomic E-state index is 12.8. The fourth-order valence-corrected chi connectivity index (χ4v) is 3.32. The summed E-state index contributed by atoms with van der Waals surface area (Å²) < 4.78 is 0. The van der Waals surface area contributed by atoms with Gasteiger partial charge >= 0.3 is 0 Å². The molecule has 0 bridgehead atoms. The lowest BCUT2D eigenvalue weighted by atomic mass is 9.94. The Morgan fingerprint density at radius 1 is 1.50 bits per heavy atom. The number of hydrogen-bond donors (Lipinski definition) is 1. The van der Waals surface area contributed by atoms with E-state index in [1.165, 1.54) is 0 Å². The molecule has 2 amide bonds. The average molecular weight is 375 g/mol. The number of likely N-dealkylation sites (tertiary alicyclic amines) is 1. The quantitative estimate of drug-likeness (QED) is 0.358. The molecule has 0 unspecified atom stereocenters. The molecule has 1 heterocycles. The molecule has 0 aliphatic carbocycles. The topological polar surface area (TPSA) is 65.0 Å². The molecule has 6 nitrogen and oxygen atoms in total. The number of nitrogens with zero attached hydrogens (tertiary/aromatic N) is 3. The van der Waals surface area contributed by atoms with Gasteiger partial charge in [0, 0.05) is 38.8 Å². The number of aryl methyl sites for hydroxylation is 1. The second-order valence-corrected chi connectivity index (χ2v) is 6.69. The van der Waals surface area contributed by atoms with Crippen molar-refractivity contribution in [3.8, 4) is 12.3 Å². The Kier molecular flexibility index (Phi) is 6.64. The predicted octanol–water partition coefficient (Wildman–Crippen LogP) is 2.01. The zero-order valence-corrected chi connectivity index (χ0v) is 16.0. The van der Waals surface area contributed by atoms with Crippen molar-refractivity contribution in [2.75, 3.05) is 32.5 Å². The van der Waals surface area contributed by atoms with Gasteiger partial charge in [-0.2, -0.15) is 5.10 Å². The monoisotopic (exact) mass is 374 g/mol. The van der Waals surface area contributed by atoms with Crippen LogP contribution >= 0.6 is 11.6 Å². The highest BCUT2D eigenvalue weighted by Gasteiger charge is 2.44. The van der Waals surface area contributed by atoms with E-state index in [9.17, 15) is 9.59 Å². The number of rotatable bonds is 6. The van der Waals surface area contributed by atoms with Gasteiger partial charge in [0.15, 0.2) is 5.17 Å². The smallest absolute Gasteiger partial charge is 0.237 e. The van der Waals surface area contributed by atoms with Crippen LogP contribution in [0.3, 0.4) is 0 Å². The first-order valence-corrected chi connectivity index (χ1v) is 8.80. The standard InChI is InChI=1S/C19H23ClN4O2/c1-5-13-9-7-8-10-15(13)21-18(25)17-14(11-23(3)19(17)26)12-24(4)22-16(20)6-2/h2,7-10,14,17H,5,11-12H2,1,3-4H3,(H,21,25)/b22-16+/t14-,17+/m1/s1. The number of para-hydroxylation sites is 1. The maximum Gasteiger partial charge on any atom is 0.237 e. The third-order valence-corrected chi connectivity index (χ3v) is 4.62. The van der Waals surface area contributed by atoms with Gasteiger partial charge in [-0.15, -0.1) is 6.42 Å². The minimum absolute atomic E-state index is 0.0306. The van der Waals surface area contributed by atoms with Crippen molar-refractivity contribution >= 4 is 34.3 Å². The molecule has 2 atom stereocenters. The number of hydrazone groups is 1. The molecule has 0 saturated carbocycles. The number of benzene rings is 1. The minimum Gasteiger partial charge on any atom is -0.345 e. The van der Waals surface area contributed by atoms with E-state index in [2.05, 4.69) is 16.3 Å². The summed E-state index contributed by atoms with van der Waals surface area (Å²) in [5, 5.41) is 8.54. The third-order valence-electron chi connectivity index (χ3n) is 4.44. The zero-order chi connectivity index (χ0) is 19.3. The van der Waals surface area contributed by atoms with Crippen molar-refractivity contribution in [1.29, 1.82) is 0 Å². The lowest BCUT2D eigenvalue weighted by Crippen LogP contribution is -2.36. The summed E-state index contributed by atoms with van der Waals surface area (Å²) in [6.07, 6.45) is 5.99. The molecule has 1 aliphatic heterocycles. The Labute approximate surface area is 159 Å². The summed E-state index contributed by atoms with van der Waals surface area (Å²) in [7, 11) is 3.41. The SMILES string of the molecule is C#C/C(Cl)=N\N(C)C[C@H]1CN(C)C(=O)[C@@H]1C(=O)Nc1ccccc1CC. The molecule has 0 spiro atoms. The summed E-state index contributed by atoms with van der Waals surface area (Å²) in [5.41, 5.74) is 1.77. The van der Waals surface area contributed by atoms with Crippen LogP contribution < -0.4 is 5.32 Å². The molecule has 7 heteroatoms. The number of carbonyl (C=O) groups is 2. The molecular formula is C19H23ClN4O2. The number of terminal acetylenes is 1. The molecule has 138 valence electrons. The van der Waals surface area contributed by atoms with Crippen LogP contribution in [0.5, 0.6) is 0 Å². The second-order valence-electron chi connectivity index (χ2n) is 6.33. The fraction of sp³-hybridized carbons (Fsp3) is 0.421. The molecule has 26 heavy (non-hydrogen) atoms. The van der Waals surface area contributed by atoms with Crippen molar-refractivity contribution in [1.82, 2.24) is 9.91 Å². The van der Waals surface area contributed by atoms with Crippen molar-refractivity contribution in [3.63, 3.8) is 0 Å². The van der Waals surface area contributed by atoms with Crippen molar-refractivity contribution in [3.05, 3.63) is 29.8 Å². The highest BCUT2D eigenvalue weighted by Crippen LogP contribution is 2.27. The van der Waals surface area contributed by atoms with Gasteiger partial charge in [-0.3, -0.25) is 14.6 Å². The fourth-order valence-electron chi connectivity index (χ4n) is 3.20. The van der Waals surface area contributed by atoms with E-state index in [4.69, 9.17) is 18.0 Å². The minimum atomic E-state index is -0.771. The predicted molar refractivity (Wildman–Crippen MR) is 104 cm³/mol. The zero-order valence-electron chi connectivity index (χ0n) is 15.2. The number of carbonyl (C=O) groups excluding carboxylic acids is 2. The van der Waals surface area contributed by atoms with Crippen LogP contribution in [0.1, 0.15) is 12.5 Å². The highest BCUT2D eigenvalue weighted by atomic mass is 35.5. The van der Waals surface area contributed by atoms with Crippen LogP contribution in [0, 0.1) is 24.2 Å². The van der Waals surface area contributed by atoms with Crippen LogP contribution in [-0.4, -0.2) is 54.1 Å². The van der Waals surface area contributed by atoms with Crippen molar-refractivity contribution in [2.24, 2.45) is 16.9 Å². The van der Waals surface area contributed by atoms with E-state index in [-0.39, 0.29) is 22.9 Å². The van der Waals surface area contributed by atoms with Gasteiger partial charge in [0.1, 0.15) is 5.92 Å². The van der Waals surface area contributed by atoms with E-state index in [1.54, 1.807) is 24.0 Å². The second kappa shape index (κ2) is 8.72. The molecular weight excluding hydrogens is 352 g/mol. The van der Waals surface area contributed by atoms with Gasteiger partial charge in [-0.1, -0.05) is 36.7 Å². The third kappa shape index (κ3) is 4.55. The Morgan fingerprint density at radius 2 is 2.19 bits per heavy atom. The van der Waals surface area contributed by atoms with E-state index >= 15 is 0 Å². The number of nitrogens with one attached hydrogen (secondary N) is 1. The van der Waals surface area contributed by atoms with Crippen LogP contribution in [0.2, 0.25) is 0 Å². The maximum absolute atomic E-state index is 12.8. The molecule has 1 aromatic carbocycles. The summed E-state index contributed by atoms with van der Waals surface area (Å²) in [6.45, 7) is 2.88. The largest absolute Gasteiger partial charge is 0.345 e. The van der Waals surface area contributed by atoms with Crippen LogP contribution in [0.4, 0.5) is 5.69 Å². The van der Waals surface area contributed by atoms with Crippen LogP contribution in [0.25, 0.3) is 0 Å². The first-order chi connectivity index (χ1) is 12.4. The molecule has 2 rings (SSSR count). The first kappa shape index (κ1) is 19.8. The summed E-state index contributed by atoms with van der Waals surface area (Å²) in [6, 6.07) is 7.59. The Bertz CT molecular complexity index is 756. The van der Waals surface area contributed by atoms with Gasteiger partial charge in [0.25, 0.3) is 0 Å². The molecule has 0 radical (unpaired) electrons. The summed E-state index contributed by atoms with van der Waals surface area (Å²) >= 11 is 5.76. The Morgan fingerprint density at radius 3 is 2.85 bits per heavy atom. The number of anilines is 1. The molecule has 1 N–H and O–H groups in total. The summed E-state index contributed by atoms with van der Waals surface area (Å²) in [5.74, 6) is 0.760. The Balaban J connectivity index is 2.16. The Hall–Kier alpha value is -2.52. The lowest BCUT2D eigenvalue weighted by molar-refractivity contribution is -0.135. The molecule has 1 fully saturated rings. The average Bonchev–Trinajstić information content (AvgIpc) is 2.88. The number of amides is 2. The van der Waals surface area contributed by atoms with Gasteiger partial charge in [0.05, 0.1) is 0 Å². The number of hydrogen-bond acceptors (Lipinski definition) is 4. The van der Waals surface area contributed by atoms with Crippen molar-refractivity contribution < 1.29 is 9.59 Å². The van der Waals surface area contributed by atoms with E-state index < -0.39 is 5.92 Å². The molecule has 1 aliphatic rings. The first-order valence-electron chi connectivity index (χ1n) is 8.43. The van der Waals surface area contributed by atoms with E-state index in [0.717, 1.165) is 17.7 Å². The van der Waals surface area contributed by atoms with Gasteiger partial charge in [-0.05, 0) is 24.0 Å². The molecule has 1 saturated heterocycles. The molecule has 0 aromatic heterocycles. The number of halogens is 1. The van der Waals surface area contributed by atoms with Gasteiger partial charge < -0.3 is 10.2 Å². The summed E-state index contributed by atoms with van der Waals surface area (Å²) in [4.78, 5) is 26.9. The highest BCUT2D eigenvalue weighted by molar-refractivity contribution is 6.69. The van der Waals surface area contributed by atoms with Gasteiger partial charge in [-0.25, -0.2) is 0 Å². The van der Waals surface area contributed by atoms with Gasteiger partial charge in [0.2, 0.25) is 11.8 Å².